The normalized spacial score (nSPS) is 27.1. The topological polar surface area (TPSA) is 23.5 Å². The third kappa shape index (κ3) is 3.06. The minimum Gasteiger partial charge on any atom is -0.393 e. The Hall–Kier alpha value is -0.380. The minimum atomic E-state index is -0.0667. The molecule has 0 saturated carbocycles. The second kappa shape index (κ2) is 5.80. The summed E-state index contributed by atoms with van der Waals surface area (Å²) >= 11 is 1.84. The van der Waals surface area contributed by atoms with Crippen molar-refractivity contribution < 1.29 is 5.11 Å². The maximum Gasteiger partial charge on any atom is 0.0592 e. The average molecular weight is 239 g/mol. The molecule has 1 fully saturated rings. The van der Waals surface area contributed by atoms with Crippen molar-refractivity contribution in [3.05, 3.63) is 22.4 Å². The molecule has 2 heterocycles. The first-order chi connectivity index (χ1) is 7.79. The number of aliphatic hydroxyl groups is 1. The summed E-state index contributed by atoms with van der Waals surface area (Å²) in [6.45, 7) is 5.45. The molecule has 1 aromatic heterocycles. The largest absolute Gasteiger partial charge is 0.393 e. The van der Waals surface area contributed by atoms with Gasteiger partial charge in [0.05, 0.1) is 6.10 Å². The van der Waals surface area contributed by atoms with E-state index in [2.05, 4.69) is 29.3 Å². The molecule has 1 saturated heterocycles. The Balaban J connectivity index is 1.78. The van der Waals surface area contributed by atoms with Gasteiger partial charge in [-0.1, -0.05) is 13.0 Å². The van der Waals surface area contributed by atoms with Crippen molar-refractivity contribution in [1.29, 1.82) is 0 Å². The van der Waals surface area contributed by atoms with Gasteiger partial charge in [0.15, 0.2) is 0 Å². The zero-order valence-electron chi connectivity index (χ0n) is 9.93. The monoisotopic (exact) mass is 239 g/mol. The number of hydrogen-bond acceptors (Lipinski definition) is 3. The van der Waals surface area contributed by atoms with Crippen LogP contribution in [0, 0.1) is 5.92 Å². The van der Waals surface area contributed by atoms with E-state index >= 15 is 0 Å². The first-order valence-corrected chi connectivity index (χ1v) is 7.10. The Morgan fingerprint density at radius 3 is 3.12 bits per heavy atom. The summed E-state index contributed by atoms with van der Waals surface area (Å²) in [6, 6.07) is 4.33. The quantitative estimate of drug-likeness (QED) is 0.872. The highest BCUT2D eigenvalue weighted by molar-refractivity contribution is 7.09. The van der Waals surface area contributed by atoms with E-state index in [-0.39, 0.29) is 6.10 Å². The lowest BCUT2D eigenvalue weighted by molar-refractivity contribution is 0.0257. The molecule has 90 valence electrons. The number of rotatable bonds is 4. The highest BCUT2D eigenvalue weighted by Crippen LogP contribution is 2.20. The Morgan fingerprint density at radius 1 is 1.56 bits per heavy atom. The van der Waals surface area contributed by atoms with Gasteiger partial charge in [0, 0.05) is 24.5 Å². The van der Waals surface area contributed by atoms with Gasteiger partial charge in [-0.2, -0.15) is 0 Å². The van der Waals surface area contributed by atoms with Crippen LogP contribution >= 0.6 is 11.3 Å². The van der Waals surface area contributed by atoms with Crippen LogP contribution in [0.25, 0.3) is 0 Å². The van der Waals surface area contributed by atoms with Crippen LogP contribution in [0.2, 0.25) is 0 Å². The molecule has 2 rings (SSSR count). The lowest BCUT2D eigenvalue weighted by atomic mass is 9.92. The van der Waals surface area contributed by atoms with Crippen LogP contribution < -0.4 is 0 Å². The van der Waals surface area contributed by atoms with Crippen molar-refractivity contribution in [3.8, 4) is 0 Å². The molecule has 2 atom stereocenters. The van der Waals surface area contributed by atoms with Crippen LogP contribution in [0.15, 0.2) is 17.5 Å². The van der Waals surface area contributed by atoms with E-state index in [4.69, 9.17) is 0 Å². The van der Waals surface area contributed by atoms with Crippen LogP contribution in [0.4, 0.5) is 0 Å². The minimum absolute atomic E-state index is 0.0667. The molecular weight excluding hydrogens is 218 g/mol. The van der Waals surface area contributed by atoms with Crippen LogP contribution in [0.3, 0.4) is 0 Å². The highest BCUT2D eigenvalue weighted by atomic mass is 32.1. The molecule has 1 aliphatic heterocycles. The SMILES string of the molecule is CCC1CN(CCc2cccs2)CCC1O. The first kappa shape index (κ1) is 12.1. The third-order valence-corrected chi connectivity index (χ3v) is 4.49. The van der Waals surface area contributed by atoms with Crippen molar-refractivity contribution >= 4 is 11.3 Å². The summed E-state index contributed by atoms with van der Waals surface area (Å²) in [5.74, 6) is 0.483. The van der Waals surface area contributed by atoms with Crippen LogP contribution in [-0.2, 0) is 6.42 Å². The number of aliphatic hydroxyl groups excluding tert-OH is 1. The zero-order valence-corrected chi connectivity index (χ0v) is 10.7. The van der Waals surface area contributed by atoms with Gasteiger partial charge in [-0.05, 0) is 36.6 Å². The van der Waals surface area contributed by atoms with Gasteiger partial charge in [-0.25, -0.2) is 0 Å². The lowest BCUT2D eigenvalue weighted by Gasteiger charge is -2.35. The molecule has 1 aliphatic rings. The van der Waals surface area contributed by atoms with E-state index in [1.165, 1.54) is 4.88 Å². The second-order valence-corrected chi connectivity index (χ2v) is 5.69. The molecule has 16 heavy (non-hydrogen) atoms. The molecule has 1 N–H and O–H groups in total. The summed E-state index contributed by atoms with van der Waals surface area (Å²) < 4.78 is 0. The fraction of sp³-hybridized carbons (Fsp3) is 0.692. The van der Waals surface area contributed by atoms with Gasteiger partial charge in [-0.3, -0.25) is 0 Å². The lowest BCUT2D eigenvalue weighted by Crippen LogP contribution is -2.43. The summed E-state index contributed by atoms with van der Waals surface area (Å²) in [5, 5.41) is 12.0. The van der Waals surface area contributed by atoms with Gasteiger partial charge >= 0.3 is 0 Å². The zero-order chi connectivity index (χ0) is 11.4. The molecule has 2 unspecified atom stereocenters. The first-order valence-electron chi connectivity index (χ1n) is 6.22. The van der Waals surface area contributed by atoms with Gasteiger partial charge in [0.25, 0.3) is 0 Å². The number of hydrogen-bond donors (Lipinski definition) is 1. The summed E-state index contributed by atoms with van der Waals surface area (Å²) in [4.78, 5) is 3.97. The van der Waals surface area contributed by atoms with E-state index in [0.29, 0.717) is 5.92 Å². The molecule has 0 amide bonds. The number of thiophene rings is 1. The highest BCUT2D eigenvalue weighted by Gasteiger charge is 2.25. The van der Waals surface area contributed by atoms with E-state index in [9.17, 15) is 5.11 Å². The van der Waals surface area contributed by atoms with Gasteiger partial charge < -0.3 is 10.0 Å². The molecule has 2 nitrogen and oxygen atoms in total. The third-order valence-electron chi connectivity index (χ3n) is 3.56. The molecule has 0 aliphatic carbocycles. The van der Waals surface area contributed by atoms with Crippen molar-refractivity contribution in [2.24, 2.45) is 5.92 Å². The van der Waals surface area contributed by atoms with Gasteiger partial charge in [0.2, 0.25) is 0 Å². The average Bonchev–Trinajstić information content (AvgIpc) is 2.81. The number of piperidine rings is 1. The van der Waals surface area contributed by atoms with Crippen LogP contribution in [0.1, 0.15) is 24.6 Å². The Morgan fingerprint density at radius 2 is 2.44 bits per heavy atom. The number of nitrogens with zero attached hydrogens (tertiary/aromatic N) is 1. The molecule has 3 heteroatoms. The number of likely N-dealkylation sites (tertiary alicyclic amines) is 1. The second-order valence-electron chi connectivity index (χ2n) is 4.65. The molecule has 0 spiro atoms. The predicted octanol–water partition coefficient (Wildman–Crippen LogP) is 2.38. The molecule has 1 aromatic rings. The van der Waals surface area contributed by atoms with Crippen molar-refractivity contribution in [3.63, 3.8) is 0 Å². The fourth-order valence-corrected chi connectivity index (χ4v) is 3.12. The molecule has 0 aromatic carbocycles. The predicted molar refractivity (Wildman–Crippen MR) is 68.9 cm³/mol. The van der Waals surface area contributed by atoms with E-state index in [0.717, 1.165) is 38.9 Å². The molecule has 0 radical (unpaired) electrons. The van der Waals surface area contributed by atoms with E-state index in [1.807, 2.05) is 11.3 Å². The summed E-state index contributed by atoms with van der Waals surface area (Å²) in [7, 11) is 0. The van der Waals surface area contributed by atoms with Crippen molar-refractivity contribution in [1.82, 2.24) is 4.90 Å². The summed E-state index contributed by atoms with van der Waals surface area (Å²) in [5.41, 5.74) is 0. The standard InChI is InChI=1S/C13H21NOS/c1-2-11-10-14(8-6-13(11)15)7-5-12-4-3-9-16-12/h3-4,9,11,13,15H,2,5-8,10H2,1H3. The van der Waals surface area contributed by atoms with Crippen LogP contribution in [-0.4, -0.2) is 35.7 Å². The Bertz CT molecular complexity index is 299. The maximum absolute atomic E-state index is 9.81. The van der Waals surface area contributed by atoms with E-state index in [1.54, 1.807) is 0 Å². The smallest absolute Gasteiger partial charge is 0.0592 e. The summed E-state index contributed by atoms with van der Waals surface area (Å²) in [6.07, 6.45) is 3.13. The molecular formula is C13H21NOS. The van der Waals surface area contributed by atoms with Gasteiger partial charge in [0.1, 0.15) is 0 Å². The Labute approximate surface area is 102 Å². The van der Waals surface area contributed by atoms with Crippen molar-refractivity contribution in [2.75, 3.05) is 19.6 Å². The fourth-order valence-electron chi connectivity index (χ4n) is 2.42. The van der Waals surface area contributed by atoms with E-state index < -0.39 is 0 Å². The Kier molecular flexibility index (Phi) is 4.38. The van der Waals surface area contributed by atoms with Crippen LogP contribution in [0.5, 0.6) is 0 Å². The van der Waals surface area contributed by atoms with Gasteiger partial charge in [-0.15, -0.1) is 11.3 Å². The maximum atomic E-state index is 9.81. The van der Waals surface area contributed by atoms with Crippen molar-refractivity contribution in [2.45, 2.75) is 32.3 Å². The molecule has 0 bridgehead atoms.